The Morgan fingerprint density at radius 1 is 1.00 bits per heavy atom. The van der Waals surface area contributed by atoms with E-state index in [1.165, 1.54) is 12.8 Å². The van der Waals surface area contributed by atoms with Crippen molar-refractivity contribution in [1.82, 2.24) is 0 Å². The first-order valence-corrected chi connectivity index (χ1v) is 15.3. The van der Waals surface area contributed by atoms with Crippen molar-refractivity contribution in [2.45, 2.75) is 136 Å². The van der Waals surface area contributed by atoms with Gasteiger partial charge in [0, 0.05) is 24.9 Å². The lowest BCUT2D eigenvalue weighted by atomic mass is 9.67. The van der Waals surface area contributed by atoms with Crippen LogP contribution in [0.3, 0.4) is 0 Å². The third-order valence-electron chi connectivity index (χ3n) is 9.92. The van der Waals surface area contributed by atoms with E-state index in [0.29, 0.717) is 35.4 Å². The van der Waals surface area contributed by atoms with Crippen LogP contribution in [0.5, 0.6) is 0 Å². The number of carboxylic acid groups (broad SMARTS) is 1. The standard InChI is InChI=1S/C31H54O5/c1-5-27-23(4)20-26(36-29-14-6-7-19-35-29)13-9-12-25-11-8-10-24(21(2)16-18-28(32)33)17-15-22(3)30(25)31(27)34/h21-27,29-30H,5-20H2,1-4H3,(H,32,33)/t21-,22?,23+,24?,25?,26-,27-,29?,30?/m1/s1. The van der Waals surface area contributed by atoms with Crippen LogP contribution in [0, 0.1) is 41.4 Å². The van der Waals surface area contributed by atoms with Gasteiger partial charge < -0.3 is 14.6 Å². The van der Waals surface area contributed by atoms with Gasteiger partial charge in [-0.15, -0.1) is 0 Å². The van der Waals surface area contributed by atoms with Crippen molar-refractivity contribution in [1.29, 1.82) is 0 Å². The van der Waals surface area contributed by atoms with E-state index in [1.54, 1.807) is 0 Å². The molecule has 0 aromatic heterocycles. The lowest BCUT2D eigenvalue weighted by molar-refractivity contribution is -0.193. The highest BCUT2D eigenvalue weighted by molar-refractivity contribution is 5.84. The average Bonchev–Trinajstić information content (AvgIpc) is 2.92. The summed E-state index contributed by atoms with van der Waals surface area (Å²) in [6.45, 7) is 9.85. The van der Waals surface area contributed by atoms with Gasteiger partial charge in [-0.05, 0) is 100 Å². The molecule has 2 saturated carbocycles. The largest absolute Gasteiger partial charge is 0.481 e. The van der Waals surface area contributed by atoms with E-state index in [0.717, 1.165) is 83.7 Å². The summed E-state index contributed by atoms with van der Waals surface area (Å²) < 4.78 is 12.4. The van der Waals surface area contributed by atoms with Crippen molar-refractivity contribution in [3.8, 4) is 0 Å². The fraction of sp³-hybridized carbons (Fsp3) is 0.935. The number of hydrogen-bond acceptors (Lipinski definition) is 4. The molecule has 3 fully saturated rings. The highest BCUT2D eigenvalue weighted by Crippen LogP contribution is 2.42. The number of hydrogen-bond donors (Lipinski definition) is 1. The predicted octanol–water partition coefficient (Wildman–Crippen LogP) is 7.65. The molecule has 3 rings (SSSR count). The molecule has 0 amide bonds. The molecule has 9 atom stereocenters. The second-order valence-electron chi connectivity index (χ2n) is 12.6. The Labute approximate surface area is 220 Å². The minimum atomic E-state index is -0.688. The van der Waals surface area contributed by atoms with Crippen LogP contribution < -0.4 is 0 Å². The van der Waals surface area contributed by atoms with Crippen LogP contribution in [-0.2, 0) is 19.1 Å². The summed E-state index contributed by atoms with van der Waals surface area (Å²) in [5.74, 6) is 2.33. The number of ketones is 1. The van der Waals surface area contributed by atoms with Crippen molar-refractivity contribution in [2.24, 2.45) is 41.4 Å². The summed E-state index contributed by atoms with van der Waals surface area (Å²) in [6.07, 6.45) is 15.3. The van der Waals surface area contributed by atoms with E-state index < -0.39 is 5.97 Å². The summed E-state index contributed by atoms with van der Waals surface area (Å²) in [5.41, 5.74) is 0. The van der Waals surface area contributed by atoms with Crippen LogP contribution in [0.4, 0.5) is 0 Å². The lowest BCUT2D eigenvalue weighted by Gasteiger charge is -2.38. The van der Waals surface area contributed by atoms with Crippen LogP contribution in [0.15, 0.2) is 0 Å². The monoisotopic (exact) mass is 506 g/mol. The lowest BCUT2D eigenvalue weighted by Crippen LogP contribution is -2.39. The van der Waals surface area contributed by atoms with Gasteiger partial charge >= 0.3 is 5.97 Å². The minimum Gasteiger partial charge on any atom is -0.481 e. The Bertz CT molecular complexity index is 672. The van der Waals surface area contributed by atoms with E-state index >= 15 is 0 Å². The van der Waals surface area contributed by atoms with Crippen molar-refractivity contribution in [2.75, 3.05) is 6.61 Å². The Hall–Kier alpha value is -0.940. The van der Waals surface area contributed by atoms with Gasteiger partial charge in [-0.3, -0.25) is 9.59 Å². The van der Waals surface area contributed by atoms with E-state index in [4.69, 9.17) is 14.6 Å². The molecule has 0 aromatic rings. The average molecular weight is 507 g/mol. The number of ether oxygens (including phenoxy) is 2. The molecule has 0 bridgehead atoms. The van der Waals surface area contributed by atoms with Crippen molar-refractivity contribution in [3.63, 3.8) is 0 Å². The Morgan fingerprint density at radius 3 is 2.42 bits per heavy atom. The third kappa shape index (κ3) is 8.55. The van der Waals surface area contributed by atoms with Crippen molar-refractivity contribution < 1.29 is 24.2 Å². The Morgan fingerprint density at radius 2 is 1.75 bits per heavy atom. The number of carbonyl (C=O) groups excluding carboxylic acids is 1. The van der Waals surface area contributed by atoms with Crippen molar-refractivity contribution in [3.05, 3.63) is 0 Å². The fourth-order valence-corrected chi connectivity index (χ4v) is 7.67. The molecule has 1 heterocycles. The molecule has 2 aliphatic carbocycles. The number of aliphatic carboxylic acids is 1. The molecule has 5 unspecified atom stereocenters. The second kappa shape index (κ2) is 14.9. The summed E-state index contributed by atoms with van der Waals surface area (Å²) >= 11 is 0. The molecular weight excluding hydrogens is 452 g/mol. The summed E-state index contributed by atoms with van der Waals surface area (Å²) in [5, 5.41) is 9.14. The van der Waals surface area contributed by atoms with Crippen LogP contribution in [0.25, 0.3) is 0 Å². The molecule has 5 nitrogen and oxygen atoms in total. The molecule has 0 spiro atoms. The van der Waals surface area contributed by atoms with Crippen LogP contribution in [-0.4, -0.2) is 35.9 Å². The van der Waals surface area contributed by atoms with Crippen LogP contribution >= 0.6 is 0 Å². The molecule has 0 radical (unpaired) electrons. The zero-order valence-corrected chi connectivity index (χ0v) is 23.6. The number of carboxylic acids is 1. The van der Waals surface area contributed by atoms with Gasteiger partial charge in [0.15, 0.2) is 6.29 Å². The van der Waals surface area contributed by atoms with Gasteiger partial charge in [-0.25, -0.2) is 0 Å². The predicted molar refractivity (Wildman–Crippen MR) is 144 cm³/mol. The van der Waals surface area contributed by atoms with E-state index in [2.05, 4.69) is 27.7 Å². The molecule has 1 saturated heterocycles. The summed E-state index contributed by atoms with van der Waals surface area (Å²) in [4.78, 5) is 25.3. The molecule has 208 valence electrons. The maximum Gasteiger partial charge on any atom is 0.303 e. The number of carbonyl (C=O) groups is 2. The number of rotatable bonds is 7. The highest BCUT2D eigenvalue weighted by atomic mass is 16.7. The second-order valence-corrected chi connectivity index (χ2v) is 12.6. The quantitative estimate of drug-likeness (QED) is 0.384. The van der Waals surface area contributed by atoms with Gasteiger partial charge in [0.05, 0.1) is 6.10 Å². The highest BCUT2D eigenvalue weighted by Gasteiger charge is 2.40. The normalized spacial score (nSPS) is 38.2. The van der Waals surface area contributed by atoms with Gasteiger partial charge in [0.2, 0.25) is 0 Å². The zero-order valence-electron chi connectivity index (χ0n) is 23.6. The summed E-state index contributed by atoms with van der Waals surface area (Å²) in [7, 11) is 0. The fourth-order valence-electron chi connectivity index (χ4n) is 7.67. The van der Waals surface area contributed by atoms with Gasteiger partial charge in [-0.2, -0.15) is 0 Å². The molecule has 3 aliphatic rings. The number of fused-ring (bicyclic) bond motifs is 1. The van der Waals surface area contributed by atoms with E-state index in [-0.39, 0.29) is 30.7 Å². The molecule has 36 heavy (non-hydrogen) atoms. The Kier molecular flexibility index (Phi) is 12.2. The first kappa shape index (κ1) is 29.6. The van der Waals surface area contributed by atoms with Crippen LogP contribution in [0.1, 0.15) is 124 Å². The third-order valence-corrected chi connectivity index (χ3v) is 9.92. The van der Waals surface area contributed by atoms with Crippen molar-refractivity contribution >= 4 is 11.8 Å². The van der Waals surface area contributed by atoms with Gasteiger partial charge in [0.1, 0.15) is 5.78 Å². The summed E-state index contributed by atoms with van der Waals surface area (Å²) in [6, 6.07) is 0. The topological polar surface area (TPSA) is 72.8 Å². The SMILES string of the molecule is CC[C@H]1C(=O)C2C(C)CCC([C@H](C)CCC(=O)O)CCCC2CCC[C@@H](OC2CCCCO2)C[C@@H]1C. The zero-order chi connectivity index (χ0) is 26.1. The maximum atomic E-state index is 14.2. The van der Waals surface area contributed by atoms with E-state index in [9.17, 15) is 9.59 Å². The smallest absolute Gasteiger partial charge is 0.303 e. The molecule has 1 N–H and O–H groups in total. The molecule has 0 aromatic carbocycles. The van der Waals surface area contributed by atoms with Crippen LogP contribution in [0.2, 0.25) is 0 Å². The maximum absolute atomic E-state index is 14.2. The minimum absolute atomic E-state index is 0.0626. The van der Waals surface area contributed by atoms with Gasteiger partial charge in [-0.1, -0.05) is 47.0 Å². The molecule has 5 heteroatoms. The molecular formula is C31H54O5. The Balaban J connectivity index is 1.72. The number of Topliss-reactive ketones (excluding diaryl/α,β-unsaturated/α-hetero) is 1. The molecule has 1 aliphatic heterocycles. The first-order valence-electron chi connectivity index (χ1n) is 15.3. The van der Waals surface area contributed by atoms with E-state index in [1.807, 2.05) is 0 Å². The van der Waals surface area contributed by atoms with Gasteiger partial charge in [0.25, 0.3) is 0 Å². The first-order chi connectivity index (χ1) is 17.3.